The van der Waals surface area contributed by atoms with Crippen LogP contribution >= 0.6 is 45.2 Å². The Morgan fingerprint density at radius 2 is 1.85 bits per heavy atom. The molecule has 3 nitrogen and oxygen atoms in total. The second-order valence-corrected chi connectivity index (χ2v) is 4.50. The summed E-state index contributed by atoms with van der Waals surface area (Å²) < 4.78 is 1.35. The van der Waals surface area contributed by atoms with E-state index in [1.54, 1.807) is 6.07 Å². The van der Waals surface area contributed by atoms with Crippen LogP contribution in [0.5, 0.6) is 5.75 Å². The Bertz CT molecular complexity index is 341. The van der Waals surface area contributed by atoms with Crippen molar-refractivity contribution in [3.8, 4) is 5.75 Å². The first-order chi connectivity index (χ1) is 5.52. The zero-order valence-electron chi connectivity index (χ0n) is 6.71. The Hall–Kier alpha value is 0.547. The van der Waals surface area contributed by atoms with Gasteiger partial charge in [0.15, 0.2) is 0 Å². The maximum atomic E-state index is 10.6. The number of benzene rings is 1. The van der Waals surface area contributed by atoms with Crippen LogP contribution in [0, 0.1) is 7.14 Å². The van der Waals surface area contributed by atoms with Crippen LogP contribution in [0.2, 0.25) is 0 Å². The molecule has 1 radical (unpaired) electrons. The van der Waals surface area contributed by atoms with Crippen molar-refractivity contribution in [3.63, 3.8) is 0 Å². The van der Waals surface area contributed by atoms with E-state index in [1.165, 1.54) is 6.07 Å². The third kappa shape index (κ3) is 3.31. The molecule has 2 N–H and O–H groups in total. The maximum absolute atomic E-state index is 10.6. The van der Waals surface area contributed by atoms with Crippen LogP contribution in [0.25, 0.3) is 0 Å². The molecule has 0 saturated carbocycles. The number of rotatable bonds is 1. The van der Waals surface area contributed by atoms with Crippen LogP contribution in [-0.2, 0) is 0 Å². The summed E-state index contributed by atoms with van der Waals surface area (Å²) in [5, 5.41) is 17.9. The molecule has 0 unspecified atom stereocenters. The van der Waals surface area contributed by atoms with Crippen molar-refractivity contribution >= 4 is 70.0 Å². The molecule has 1 rings (SSSR count). The quantitative estimate of drug-likeness (QED) is 0.563. The molecule has 0 bridgehead atoms. The first kappa shape index (κ1) is 13.5. The van der Waals surface area contributed by atoms with Gasteiger partial charge in [-0.05, 0) is 57.3 Å². The molecule has 0 aliphatic carbocycles. The van der Waals surface area contributed by atoms with Gasteiger partial charge in [0.1, 0.15) is 11.3 Å². The van der Waals surface area contributed by atoms with E-state index in [9.17, 15) is 9.90 Å². The molecule has 0 aliphatic rings. The van der Waals surface area contributed by atoms with E-state index in [1.807, 2.05) is 45.2 Å². The fourth-order valence-electron chi connectivity index (χ4n) is 0.729. The molecule has 6 heteroatoms. The summed E-state index contributed by atoms with van der Waals surface area (Å²) in [4.78, 5) is 10.6. The number of halogens is 2. The van der Waals surface area contributed by atoms with Gasteiger partial charge in [0, 0.05) is 22.4 Å². The molecular weight excluding hydrogens is 393 g/mol. The van der Waals surface area contributed by atoms with Gasteiger partial charge in [0.2, 0.25) is 0 Å². The van der Waals surface area contributed by atoms with Gasteiger partial charge in [0.05, 0.1) is 3.57 Å². The molecule has 13 heavy (non-hydrogen) atoms. The van der Waals surface area contributed by atoms with E-state index in [0.29, 0.717) is 3.57 Å². The topological polar surface area (TPSA) is 57.5 Å². The maximum Gasteiger partial charge on any atom is 0.339 e. The second kappa shape index (κ2) is 5.43. The van der Waals surface area contributed by atoms with Crippen LogP contribution in [0.4, 0.5) is 0 Å². The monoisotopic (exact) mass is 397 g/mol. The van der Waals surface area contributed by atoms with E-state index in [4.69, 9.17) is 5.11 Å². The van der Waals surface area contributed by atoms with Crippen LogP contribution in [0.15, 0.2) is 12.1 Å². The minimum atomic E-state index is -1.11. The van der Waals surface area contributed by atoms with Crippen LogP contribution in [-0.4, -0.2) is 35.0 Å². The Labute approximate surface area is 114 Å². The third-order valence-corrected chi connectivity index (χ3v) is 2.70. The van der Waals surface area contributed by atoms with E-state index in [0.717, 1.165) is 3.57 Å². The molecule has 0 amide bonds. The number of aromatic hydroxyl groups is 1. The van der Waals surface area contributed by atoms with Gasteiger partial charge in [-0.2, -0.15) is 0 Å². The fourth-order valence-corrected chi connectivity index (χ4v) is 2.57. The van der Waals surface area contributed by atoms with Crippen molar-refractivity contribution in [1.82, 2.24) is 0 Å². The summed E-state index contributed by atoms with van der Waals surface area (Å²) in [5.41, 5.74) is -0.0497. The predicted octanol–water partition coefficient (Wildman–Crippen LogP) is 1.92. The van der Waals surface area contributed by atoms with Gasteiger partial charge >= 0.3 is 5.97 Å². The van der Waals surface area contributed by atoms with Crippen molar-refractivity contribution in [3.05, 3.63) is 24.8 Å². The van der Waals surface area contributed by atoms with Gasteiger partial charge in [0.25, 0.3) is 0 Å². The minimum absolute atomic E-state index is 0. The summed E-state index contributed by atoms with van der Waals surface area (Å²) in [5.74, 6) is -1.27. The Morgan fingerprint density at radius 1 is 1.31 bits per heavy atom. The fraction of sp³-hybridized carbons (Fsp3) is 0. The zero-order chi connectivity index (χ0) is 9.30. The molecule has 1 aromatic rings. The molecule has 0 saturated heterocycles. The summed E-state index contributed by atoms with van der Waals surface area (Å²) in [6.45, 7) is 0. The smallest absolute Gasteiger partial charge is 0.339 e. The second-order valence-electron chi connectivity index (χ2n) is 2.09. The molecule has 0 aliphatic heterocycles. The summed E-state index contributed by atoms with van der Waals surface area (Å²) in [7, 11) is 0. The standard InChI is InChI=1S/C7H4I2O3.Li/c8-3-1-4(7(11)12)6(10)5(9)2-3;/h1-2,10H,(H,11,12);. The third-order valence-electron chi connectivity index (χ3n) is 1.26. The van der Waals surface area contributed by atoms with Gasteiger partial charge in [-0.15, -0.1) is 0 Å². The number of hydrogen-bond acceptors (Lipinski definition) is 2. The van der Waals surface area contributed by atoms with Crippen molar-refractivity contribution in [2.45, 2.75) is 0 Å². The van der Waals surface area contributed by atoms with Gasteiger partial charge in [-0.1, -0.05) is 0 Å². The Balaban J connectivity index is 0.00000144. The van der Waals surface area contributed by atoms with Crippen LogP contribution in [0.3, 0.4) is 0 Å². The van der Waals surface area contributed by atoms with E-state index < -0.39 is 5.97 Å². The summed E-state index contributed by atoms with van der Waals surface area (Å²) >= 11 is 3.89. The van der Waals surface area contributed by atoms with Crippen molar-refractivity contribution < 1.29 is 15.0 Å². The number of hydrogen-bond donors (Lipinski definition) is 2. The predicted molar refractivity (Wildman–Crippen MR) is 66.3 cm³/mol. The molecule has 0 atom stereocenters. The van der Waals surface area contributed by atoms with E-state index in [-0.39, 0.29) is 30.2 Å². The molecule has 0 heterocycles. The molecule has 0 aromatic heterocycles. The largest absolute Gasteiger partial charge is 0.506 e. The first-order valence-corrected chi connectivity index (χ1v) is 5.09. The minimum Gasteiger partial charge on any atom is -0.506 e. The Kier molecular flexibility index (Phi) is 5.66. The molecule has 65 valence electrons. The first-order valence-electron chi connectivity index (χ1n) is 2.93. The average Bonchev–Trinajstić information content (AvgIpc) is 1.96. The van der Waals surface area contributed by atoms with Crippen molar-refractivity contribution in [1.29, 1.82) is 0 Å². The van der Waals surface area contributed by atoms with Gasteiger partial charge < -0.3 is 10.2 Å². The van der Waals surface area contributed by atoms with Crippen molar-refractivity contribution in [2.24, 2.45) is 0 Å². The number of carbonyl (C=O) groups is 1. The number of aromatic carboxylic acids is 1. The van der Waals surface area contributed by atoms with Crippen LogP contribution in [0.1, 0.15) is 10.4 Å². The van der Waals surface area contributed by atoms with Gasteiger partial charge in [-0.3, -0.25) is 0 Å². The molecule has 0 fully saturated rings. The molecule has 1 aromatic carbocycles. The Morgan fingerprint density at radius 3 is 2.31 bits per heavy atom. The summed E-state index contributed by atoms with van der Waals surface area (Å²) in [6.07, 6.45) is 0. The number of carboxylic acid groups (broad SMARTS) is 1. The number of carboxylic acids is 1. The van der Waals surface area contributed by atoms with Crippen LogP contribution < -0.4 is 0 Å². The zero-order valence-corrected chi connectivity index (χ0v) is 11.0. The normalized spacial score (nSPS) is 9.08. The van der Waals surface area contributed by atoms with Crippen molar-refractivity contribution in [2.75, 3.05) is 0 Å². The van der Waals surface area contributed by atoms with E-state index >= 15 is 0 Å². The average molecular weight is 397 g/mol. The molecule has 0 spiro atoms. The molecular formula is C7H4I2LiO3. The van der Waals surface area contributed by atoms with E-state index in [2.05, 4.69) is 0 Å². The SMILES string of the molecule is O=C(O)c1cc(I)cc(I)c1O.[Li]. The summed E-state index contributed by atoms with van der Waals surface area (Å²) in [6, 6.07) is 3.14. The number of phenols is 1. The van der Waals surface area contributed by atoms with Gasteiger partial charge in [-0.25, -0.2) is 4.79 Å².